The van der Waals surface area contributed by atoms with Gasteiger partial charge in [0.2, 0.25) is 10.0 Å². The van der Waals surface area contributed by atoms with Crippen LogP contribution in [0.15, 0.2) is 29.2 Å². The van der Waals surface area contributed by atoms with Gasteiger partial charge in [0.25, 0.3) is 5.69 Å². The highest BCUT2D eigenvalue weighted by Crippen LogP contribution is 2.49. The van der Waals surface area contributed by atoms with Crippen molar-refractivity contribution < 1.29 is 13.3 Å². The lowest BCUT2D eigenvalue weighted by Gasteiger charge is -2.52. The Kier molecular flexibility index (Phi) is 4.63. The lowest BCUT2D eigenvalue weighted by Crippen LogP contribution is -2.58. The molecule has 1 unspecified atom stereocenters. The summed E-state index contributed by atoms with van der Waals surface area (Å²) in [6.07, 6.45) is 5.44. The van der Waals surface area contributed by atoms with Gasteiger partial charge in [-0.1, -0.05) is 25.0 Å². The molecule has 3 rings (SSSR count). The molecule has 2 aliphatic rings. The summed E-state index contributed by atoms with van der Waals surface area (Å²) in [6.45, 7) is 0.862. The fraction of sp³-hybridized carbons (Fsp3) is 0.625. The van der Waals surface area contributed by atoms with Gasteiger partial charge in [-0.3, -0.25) is 10.1 Å². The fourth-order valence-electron chi connectivity index (χ4n) is 4.06. The van der Waals surface area contributed by atoms with Crippen LogP contribution in [-0.2, 0) is 10.0 Å². The van der Waals surface area contributed by atoms with Gasteiger partial charge in [-0.25, -0.2) is 8.42 Å². The minimum Gasteiger partial charge on any atom is -0.330 e. The molecule has 7 nitrogen and oxygen atoms in total. The van der Waals surface area contributed by atoms with Gasteiger partial charge < -0.3 is 5.73 Å². The van der Waals surface area contributed by atoms with Crippen LogP contribution < -0.4 is 5.73 Å². The number of benzene rings is 1. The van der Waals surface area contributed by atoms with E-state index < -0.39 is 14.9 Å². The van der Waals surface area contributed by atoms with Crippen LogP contribution in [0.2, 0.25) is 0 Å². The molecule has 0 radical (unpaired) electrons. The van der Waals surface area contributed by atoms with Crippen molar-refractivity contribution in [2.24, 2.45) is 11.1 Å². The third-order valence-corrected chi connectivity index (χ3v) is 7.52. The number of nitro groups is 1. The molecule has 1 aliphatic carbocycles. The van der Waals surface area contributed by atoms with Crippen molar-refractivity contribution in [1.82, 2.24) is 4.31 Å². The third-order valence-electron chi connectivity index (χ3n) is 5.57. The highest BCUT2D eigenvalue weighted by atomic mass is 32.2. The first-order valence-electron chi connectivity index (χ1n) is 8.38. The predicted octanol–water partition coefficient (Wildman–Crippen LogP) is 2.27. The van der Waals surface area contributed by atoms with E-state index in [1.165, 1.54) is 28.6 Å². The van der Waals surface area contributed by atoms with Gasteiger partial charge >= 0.3 is 0 Å². The average Bonchev–Trinajstić information content (AvgIpc) is 2.55. The monoisotopic (exact) mass is 353 g/mol. The highest BCUT2D eigenvalue weighted by molar-refractivity contribution is 7.89. The first-order valence-corrected chi connectivity index (χ1v) is 9.82. The molecule has 0 amide bonds. The Balaban J connectivity index is 2.03. The van der Waals surface area contributed by atoms with E-state index in [0.29, 0.717) is 13.1 Å². The van der Waals surface area contributed by atoms with Crippen molar-refractivity contribution in [3.05, 3.63) is 34.4 Å². The number of para-hydroxylation sites is 1. The molecule has 2 N–H and O–H groups in total. The molecule has 0 bridgehead atoms. The van der Waals surface area contributed by atoms with Crippen LogP contribution in [0.4, 0.5) is 5.69 Å². The number of nitrogens with zero attached hydrogens (tertiary/aromatic N) is 2. The van der Waals surface area contributed by atoms with E-state index >= 15 is 0 Å². The molecule has 1 aromatic carbocycles. The number of nitrogens with two attached hydrogens (primary N) is 1. The standard InChI is InChI=1S/C16H23N3O4S/c17-12-16(9-5-10-16)15-8-3-4-11-18(15)24(22,23)14-7-2-1-6-13(14)19(20)21/h1-2,6-7,15H,3-5,8-12,17H2. The van der Waals surface area contributed by atoms with E-state index in [-0.39, 0.29) is 22.0 Å². The maximum Gasteiger partial charge on any atom is 0.289 e. The quantitative estimate of drug-likeness (QED) is 0.645. The summed E-state index contributed by atoms with van der Waals surface area (Å²) >= 11 is 0. The van der Waals surface area contributed by atoms with E-state index in [0.717, 1.165) is 38.5 Å². The lowest BCUT2D eigenvalue weighted by molar-refractivity contribution is -0.387. The predicted molar refractivity (Wildman–Crippen MR) is 90.0 cm³/mol. The van der Waals surface area contributed by atoms with E-state index in [1.54, 1.807) is 0 Å². The fourth-order valence-corrected chi connectivity index (χ4v) is 6.00. The molecule has 0 aromatic heterocycles. The molecule has 1 saturated carbocycles. The Bertz CT molecular complexity index is 725. The first-order chi connectivity index (χ1) is 11.4. The molecule has 8 heteroatoms. The first kappa shape index (κ1) is 17.3. The van der Waals surface area contributed by atoms with Gasteiger partial charge in [0, 0.05) is 18.7 Å². The van der Waals surface area contributed by atoms with E-state index in [2.05, 4.69) is 0 Å². The number of hydrogen-bond acceptors (Lipinski definition) is 5. The Hall–Kier alpha value is -1.51. The SMILES string of the molecule is NCC1(C2CCCCN2S(=O)(=O)c2ccccc2[N+](=O)[O-])CCC1. The van der Waals surface area contributed by atoms with Gasteiger partial charge in [-0.05, 0) is 43.7 Å². The summed E-state index contributed by atoms with van der Waals surface area (Å²) in [5.74, 6) is 0. The number of piperidine rings is 1. The summed E-state index contributed by atoms with van der Waals surface area (Å²) in [6, 6.07) is 5.43. The van der Waals surface area contributed by atoms with E-state index in [1.807, 2.05) is 0 Å². The Morgan fingerprint density at radius 2 is 1.96 bits per heavy atom. The molecule has 1 saturated heterocycles. The highest BCUT2D eigenvalue weighted by Gasteiger charge is 2.50. The van der Waals surface area contributed by atoms with Crippen LogP contribution in [0.25, 0.3) is 0 Å². The van der Waals surface area contributed by atoms with Crippen molar-refractivity contribution in [3.8, 4) is 0 Å². The zero-order valence-corrected chi connectivity index (χ0v) is 14.4. The van der Waals surface area contributed by atoms with Crippen LogP contribution in [0.3, 0.4) is 0 Å². The molecule has 2 fully saturated rings. The van der Waals surface area contributed by atoms with E-state index in [9.17, 15) is 18.5 Å². The maximum atomic E-state index is 13.2. The zero-order chi connectivity index (χ0) is 17.4. The average molecular weight is 353 g/mol. The molecular weight excluding hydrogens is 330 g/mol. The zero-order valence-electron chi connectivity index (χ0n) is 13.6. The van der Waals surface area contributed by atoms with Crippen molar-refractivity contribution in [2.75, 3.05) is 13.1 Å². The summed E-state index contributed by atoms with van der Waals surface area (Å²) in [7, 11) is -3.92. The van der Waals surface area contributed by atoms with E-state index in [4.69, 9.17) is 5.73 Å². The summed E-state index contributed by atoms with van der Waals surface area (Å²) in [4.78, 5) is 10.4. The largest absolute Gasteiger partial charge is 0.330 e. The molecule has 1 heterocycles. The minimum atomic E-state index is -3.92. The summed E-state index contributed by atoms with van der Waals surface area (Å²) < 4.78 is 27.9. The molecule has 1 aliphatic heterocycles. The molecule has 1 aromatic rings. The summed E-state index contributed by atoms with van der Waals surface area (Å²) in [5, 5.41) is 11.3. The van der Waals surface area contributed by atoms with Gasteiger partial charge in [0.1, 0.15) is 0 Å². The summed E-state index contributed by atoms with van der Waals surface area (Å²) in [5.41, 5.74) is 5.46. The number of nitro benzene ring substituents is 1. The Morgan fingerprint density at radius 1 is 1.25 bits per heavy atom. The number of rotatable bonds is 5. The van der Waals surface area contributed by atoms with Crippen LogP contribution in [-0.4, -0.2) is 36.8 Å². The second kappa shape index (κ2) is 6.42. The number of sulfonamides is 1. The van der Waals surface area contributed by atoms with Gasteiger partial charge in [-0.2, -0.15) is 4.31 Å². The van der Waals surface area contributed by atoms with Gasteiger partial charge in [0.05, 0.1) is 4.92 Å². The van der Waals surface area contributed by atoms with Crippen molar-refractivity contribution >= 4 is 15.7 Å². The topological polar surface area (TPSA) is 107 Å². The van der Waals surface area contributed by atoms with Crippen LogP contribution in [0, 0.1) is 15.5 Å². The Labute approximate surface area is 142 Å². The van der Waals surface area contributed by atoms with Crippen molar-refractivity contribution in [3.63, 3.8) is 0 Å². The van der Waals surface area contributed by atoms with Crippen molar-refractivity contribution in [1.29, 1.82) is 0 Å². The normalized spacial score (nSPS) is 24.3. The Morgan fingerprint density at radius 3 is 2.54 bits per heavy atom. The second-order valence-corrected chi connectivity index (χ2v) is 8.63. The van der Waals surface area contributed by atoms with Gasteiger partial charge in [0.15, 0.2) is 4.90 Å². The molecule has 24 heavy (non-hydrogen) atoms. The van der Waals surface area contributed by atoms with Crippen molar-refractivity contribution in [2.45, 2.75) is 49.5 Å². The lowest BCUT2D eigenvalue weighted by atomic mass is 9.62. The van der Waals surface area contributed by atoms with Crippen LogP contribution >= 0.6 is 0 Å². The maximum absolute atomic E-state index is 13.2. The third kappa shape index (κ3) is 2.72. The van der Waals surface area contributed by atoms with Gasteiger partial charge in [-0.15, -0.1) is 0 Å². The molecule has 1 atom stereocenters. The van der Waals surface area contributed by atoms with Crippen LogP contribution in [0.5, 0.6) is 0 Å². The smallest absolute Gasteiger partial charge is 0.289 e. The molecule has 0 spiro atoms. The second-order valence-electron chi connectivity index (χ2n) is 6.77. The minimum absolute atomic E-state index is 0.158. The number of hydrogen-bond donors (Lipinski definition) is 1. The molecule has 132 valence electrons. The van der Waals surface area contributed by atoms with Crippen LogP contribution in [0.1, 0.15) is 38.5 Å². The molecular formula is C16H23N3O4S.